The highest BCUT2D eigenvalue weighted by atomic mass is 16.6. The molecule has 0 unspecified atom stereocenters. The monoisotopic (exact) mass is 444 g/mol. The summed E-state index contributed by atoms with van der Waals surface area (Å²) in [6.45, 7) is 4.65. The van der Waals surface area contributed by atoms with E-state index in [1.165, 1.54) is 46.0 Å². The summed E-state index contributed by atoms with van der Waals surface area (Å²) in [5.41, 5.74) is 1.16. The second-order valence-corrected chi connectivity index (χ2v) is 7.55. The Morgan fingerprint density at radius 1 is 0.969 bits per heavy atom. The maximum Gasteiger partial charge on any atom is 0.311 e. The highest BCUT2D eigenvalue weighted by molar-refractivity contribution is 6.07. The van der Waals surface area contributed by atoms with Crippen LogP contribution in [-0.2, 0) is 0 Å². The van der Waals surface area contributed by atoms with Crippen molar-refractivity contribution in [2.45, 2.75) is 52.4 Å². The van der Waals surface area contributed by atoms with E-state index in [1.54, 1.807) is 6.07 Å². The van der Waals surface area contributed by atoms with Crippen LogP contribution in [0.2, 0.25) is 0 Å². The topological polar surface area (TPSA) is 99.9 Å². The van der Waals surface area contributed by atoms with Crippen molar-refractivity contribution in [2.75, 3.05) is 26.1 Å². The molecule has 2 aromatic rings. The Hall–Kier alpha value is -3.29. The van der Waals surface area contributed by atoms with Crippen molar-refractivity contribution in [2.24, 2.45) is 0 Å². The molecule has 8 heteroatoms. The molecule has 0 fully saturated rings. The molecule has 0 aliphatic heterocycles. The molecule has 0 aliphatic rings. The summed E-state index contributed by atoms with van der Waals surface area (Å²) < 4.78 is 16.2. The first kappa shape index (κ1) is 25.0. The minimum absolute atomic E-state index is 0.0157. The van der Waals surface area contributed by atoms with E-state index < -0.39 is 10.8 Å². The van der Waals surface area contributed by atoms with E-state index in [2.05, 4.69) is 12.2 Å². The number of benzene rings is 2. The number of anilines is 1. The molecule has 0 radical (unpaired) electrons. The third-order valence-corrected chi connectivity index (χ3v) is 5.08. The molecule has 0 aromatic heterocycles. The molecule has 0 atom stereocenters. The van der Waals surface area contributed by atoms with Crippen molar-refractivity contribution in [3.63, 3.8) is 0 Å². The molecule has 2 aromatic carbocycles. The van der Waals surface area contributed by atoms with Crippen LogP contribution in [0, 0.1) is 17.0 Å². The van der Waals surface area contributed by atoms with Gasteiger partial charge in [0.15, 0.2) is 0 Å². The first-order valence-electron chi connectivity index (χ1n) is 10.9. The van der Waals surface area contributed by atoms with E-state index in [0.29, 0.717) is 18.0 Å². The average molecular weight is 445 g/mol. The van der Waals surface area contributed by atoms with E-state index in [1.807, 2.05) is 19.1 Å². The molecule has 0 saturated carbocycles. The van der Waals surface area contributed by atoms with Crippen molar-refractivity contribution in [3.05, 3.63) is 51.6 Å². The van der Waals surface area contributed by atoms with Crippen LogP contribution in [0.15, 0.2) is 30.3 Å². The smallest absolute Gasteiger partial charge is 0.311 e. The maximum absolute atomic E-state index is 13.0. The summed E-state index contributed by atoms with van der Waals surface area (Å²) in [5, 5.41) is 14.2. The lowest BCUT2D eigenvalue weighted by Gasteiger charge is -2.15. The Kier molecular flexibility index (Phi) is 9.78. The number of nitrogens with one attached hydrogen (secondary N) is 1. The Balaban J connectivity index is 2.16. The van der Waals surface area contributed by atoms with Crippen molar-refractivity contribution in [1.29, 1.82) is 0 Å². The molecule has 0 saturated heterocycles. The maximum atomic E-state index is 13.0. The number of methoxy groups -OCH3 is 2. The van der Waals surface area contributed by atoms with Crippen LogP contribution >= 0.6 is 0 Å². The van der Waals surface area contributed by atoms with E-state index in [9.17, 15) is 14.9 Å². The van der Waals surface area contributed by atoms with E-state index in [4.69, 9.17) is 14.2 Å². The van der Waals surface area contributed by atoms with Crippen LogP contribution in [-0.4, -0.2) is 31.7 Å². The zero-order valence-electron chi connectivity index (χ0n) is 19.2. The second kappa shape index (κ2) is 12.5. The summed E-state index contributed by atoms with van der Waals surface area (Å²) >= 11 is 0. The molecular formula is C24H32N2O6. The molecule has 0 spiro atoms. The number of ether oxygens (including phenoxy) is 3. The number of unbranched alkanes of at least 4 members (excludes halogenated alkanes) is 5. The number of nitro benzene ring substituents is 1. The lowest BCUT2D eigenvalue weighted by molar-refractivity contribution is -0.385. The fourth-order valence-corrected chi connectivity index (χ4v) is 3.32. The van der Waals surface area contributed by atoms with Crippen LogP contribution in [0.1, 0.15) is 61.4 Å². The first-order chi connectivity index (χ1) is 15.4. The van der Waals surface area contributed by atoms with Gasteiger partial charge in [0.05, 0.1) is 37.0 Å². The summed E-state index contributed by atoms with van der Waals surface area (Å²) in [7, 11) is 2.71. The van der Waals surface area contributed by atoms with Crippen molar-refractivity contribution < 1.29 is 23.9 Å². The number of nitrogens with zero attached hydrogens (tertiary/aromatic N) is 1. The number of hydrogen-bond acceptors (Lipinski definition) is 6. The number of carbonyl (C=O) groups excluding carboxylic acids is 1. The first-order valence-corrected chi connectivity index (χ1v) is 10.9. The van der Waals surface area contributed by atoms with Gasteiger partial charge < -0.3 is 19.5 Å². The average Bonchev–Trinajstić information content (AvgIpc) is 2.78. The number of rotatable bonds is 13. The van der Waals surface area contributed by atoms with Crippen LogP contribution in [0.5, 0.6) is 17.2 Å². The molecule has 8 nitrogen and oxygen atoms in total. The Morgan fingerprint density at radius 2 is 1.66 bits per heavy atom. The standard InChI is InChI=1S/C24H32N2O6/c1-5-6-7-8-9-10-13-32-21-12-11-17(2)14-19(21)25-24(27)18-15-20(26(28)29)23(31-4)16-22(18)30-3/h11-12,14-16H,5-10,13H2,1-4H3,(H,25,27). The number of hydrogen-bond donors (Lipinski definition) is 1. The Bertz CT molecular complexity index is 929. The van der Waals surface area contributed by atoms with Crippen LogP contribution in [0.25, 0.3) is 0 Å². The summed E-state index contributed by atoms with van der Waals surface area (Å²) in [6.07, 6.45) is 6.92. The third kappa shape index (κ3) is 6.87. The summed E-state index contributed by atoms with van der Waals surface area (Å²) in [4.78, 5) is 23.8. The van der Waals surface area contributed by atoms with Gasteiger partial charge in [-0.15, -0.1) is 0 Å². The second-order valence-electron chi connectivity index (χ2n) is 7.55. The Morgan fingerprint density at radius 3 is 2.31 bits per heavy atom. The molecule has 0 aliphatic carbocycles. The predicted molar refractivity (Wildman–Crippen MR) is 124 cm³/mol. The van der Waals surface area contributed by atoms with E-state index in [-0.39, 0.29) is 22.7 Å². The summed E-state index contributed by atoms with van der Waals surface area (Å²) in [5.74, 6) is 0.205. The SMILES string of the molecule is CCCCCCCCOc1ccc(C)cc1NC(=O)c1cc([N+](=O)[O-])c(OC)cc1OC. The van der Waals surface area contributed by atoms with Gasteiger partial charge in [-0.3, -0.25) is 14.9 Å². The molecule has 1 amide bonds. The molecular weight excluding hydrogens is 412 g/mol. The van der Waals surface area contributed by atoms with Gasteiger partial charge in [0, 0.05) is 12.1 Å². The minimum Gasteiger partial charge on any atom is -0.496 e. The van der Waals surface area contributed by atoms with Crippen LogP contribution in [0.3, 0.4) is 0 Å². The fourth-order valence-electron chi connectivity index (χ4n) is 3.32. The highest BCUT2D eigenvalue weighted by Crippen LogP contribution is 2.35. The van der Waals surface area contributed by atoms with Crippen LogP contribution in [0.4, 0.5) is 11.4 Å². The molecule has 32 heavy (non-hydrogen) atoms. The molecule has 2 rings (SSSR count). The lowest BCUT2D eigenvalue weighted by atomic mass is 10.1. The van der Waals surface area contributed by atoms with Gasteiger partial charge in [0.25, 0.3) is 5.91 Å². The predicted octanol–water partition coefficient (Wildman–Crippen LogP) is 5.91. The van der Waals surface area contributed by atoms with Gasteiger partial charge in [-0.05, 0) is 31.0 Å². The van der Waals surface area contributed by atoms with Crippen molar-refractivity contribution >= 4 is 17.3 Å². The quantitative estimate of drug-likeness (QED) is 0.234. The van der Waals surface area contributed by atoms with Gasteiger partial charge in [0.1, 0.15) is 11.5 Å². The van der Waals surface area contributed by atoms with Gasteiger partial charge in [0.2, 0.25) is 5.75 Å². The van der Waals surface area contributed by atoms with Crippen molar-refractivity contribution in [3.8, 4) is 17.2 Å². The third-order valence-electron chi connectivity index (χ3n) is 5.08. The normalized spacial score (nSPS) is 10.5. The van der Waals surface area contributed by atoms with Gasteiger partial charge in [-0.2, -0.15) is 0 Å². The number of nitro groups is 1. The number of amides is 1. The van der Waals surface area contributed by atoms with Crippen LogP contribution < -0.4 is 19.5 Å². The lowest BCUT2D eigenvalue weighted by Crippen LogP contribution is -2.15. The Labute approximate surface area is 189 Å². The van der Waals surface area contributed by atoms with E-state index in [0.717, 1.165) is 24.5 Å². The number of carbonyl (C=O) groups is 1. The molecule has 0 bridgehead atoms. The summed E-state index contributed by atoms with van der Waals surface area (Å²) in [6, 6.07) is 8.01. The van der Waals surface area contributed by atoms with Gasteiger partial charge in [-0.1, -0.05) is 45.1 Å². The molecule has 0 heterocycles. The fraction of sp³-hybridized carbons (Fsp3) is 0.458. The van der Waals surface area contributed by atoms with Gasteiger partial charge in [-0.25, -0.2) is 0 Å². The highest BCUT2D eigenvalue weighted by Gasteiger charge is 2.24. The molecule has 1 N–H and O–H groups in total. The molecule has 174 valence electrons. The largest absolute Gasteiger partial charge is 0.496 e. The van der Waals surface area contributed by atoms with E-state index >= 15 is 0 Å². The number of aryl methyl sites for hydroxylation is 1. The van der Waals surface area contributed by atoms with Crippen molar-refractivity contribution in [1.82, 2.24) is 0 Å². The van der Waals surface area contributed by atoms with Gasteiger partial charge >= 0.3 is 5.69 Å². The zero-order chi connectivity index (χ0) is 23.5. The zero-order valence-corrected chi connectivity index (χ0v) is 19.2. The minimum atomic E-state index is -0.600.